The van der Waals surface area contributed by atoms with E-state index in [1.165, 1.54) is 11.9 Å². The smallest absolute Gasteiger partial charge is 0.332 e. The van der Waals surface area contributed by atoms with Crippen molar-refractivity contribution in [2.45, 2.75) is 24.7 Å². The van der Waals surface area contributed by atoms with Crippen molar-refractivity contribution >= 4 is 29.6 Å². The molecule has 1 aliphatic rings. The minimum Gasteiger partial charge on any atom is -0.497 e. The van der Waals surface area contributed by atoms with Gasteiger partial charge in [-0.1, -0.05) is 0 Å². The molecule has 0 spiro atoms. The molecule has 0 aliphatic carbocycles. The molecule has 21 heavy (non-hydrogen) atoms. The molecule has 0 radical (unpaired) electrons. The van der Waals surface area contributed by atoms with E-state index in [0.717, 1.165) is 10.6 Å². The van der Waals surface area contributed by atoms with Gasteiger partial charge < -0.3 is 14.8 Å². The first kappa shape index (κ1) is 15.5. The van der Waals surface area contributed by atoms with E-state index in [2.05, 4.69) is 5.32 Å². The van der Waals surface area contributed by atoms with Crippen molar-refractivity contribution in [3.8, 4) is 5.75 Å². The molecule has 0 saturated heterocycles. The maximum absolute atomic E-state index is 12.0. The van der Waals surface area contributed by atoms with Crippen molar-refractivity contribution in [2.24, 2.45) is 0 Å². The number of nitrogens with zero attached hydrogens (tertiary/aromatic N) is 1. The number of methoxy groups -OCH3 is 1. The van der Waals surface area contributed by atoms with Gasteiger partial charge in [-0.2, -0.15) is 0 Å². The van der Waals surface area contributed by atoms with Crippen molar-refractivity contribution in [2.75, 3.05) is 25.6 Å². The maximum Gasteiger partial charge on any atom is 0.332 e. The molecule has 1 heterocycles. The third kappa shape index (κ3) is 4.04. The number of carbonyl (C=O) groups is 2. The normalized spacial score (nSPS) is 13.4. The van der Waals surface area contributed by atoms with Crippen molar-refractivity contribution in [3.05, 3.63) is 18.2 Å². The van der Waals surface area contributed by atoms with E-state index >= 15 is 0 Å². The van der Waals surface area contributed by atoms with Crippen LogP contribution in [-0.2, 0) is 9.53 Å². The summed E-state index contributed by atoms with van der Waals surface area (Å²) in [6, 6.07) is 5.34. The predicted molar refractivity (Wildman–Crippen MR) is 80.4 cm³/mol. The number of urea groups is 1. The average molecular weight is 310 g/mol. The number of anilines is 1. The second-order valence-electron chi connectivity index (χ2n) is 4.39. The molecule has 1 aromatic carbocycles. The summed E-state index contributed by atoms with van der Waals surface area (Å²) in [5.41, 5.74) is 0.742. The highest BCUT2D eigenvalue weighted by Crippen LogP contribution is 2.37. The molecule has 0 aromatic heterocycles. The lowest BCUT2D eigenvalue weighted by Gasteiger charge is -2.27. The van der Waals surface area contributed by atoms with E-state index < -0.39 is 0 Å². The molecule has 7 heteroatoms. The van der Waals surface area contributed by atoms with Crippen LogP contribution >= 0.6 is 11.9 Å². The van der Waals surface area contributed by atoms with E-state index in [1.807, 2.05) is 12.1 Å². The van der Waals surface area contributed by atoms with Crippen LogP contribution in [0.2, 0.25) is 0 Å². The van der Waals surface area contributed by atoms with Gasteiger partial charge in [0.05, 0.1) is 24.3 Å². The van der Waals surface area contributed by atoms with Crippen LogP contribution in [0.25, 0.3) is 0 Å². The number of amides is 2. The highest BCUT2D eigenvalue weighted by atomic mass is 32.2. The molecule has 0 atom stereocenters. The molecular formula is C14H18N2O4S. The first-order valence-electron chi connectivity index (χ1n) is 6.74. The van der Waals surface area contributed by atoms with E-state index in [9.17, 15) is 9.59 Å². The minimum absolute atomic E-state index is 0.190. The fourth-order valence-electron chi connectivity index (χ4n) is 1.90. The van der Waals surface area contributed by atoms with Crippen LogP contribution in [-0.4, -0.2) is 36.6 Å². The van der Waals surface area contributed by atoms with Gasteiger partial charge in [-0.3, -0.25) is 9.10 Å². The quantitative estimate of drug-likeness (QED) is 0.646. The fraction of sp³-hybridized carbons (Fsp3) is 0.429. The Morgan fingerprint density at radius 3 is 2.95 bits per heavy atom. The van der Waals surface area contributed by atoms with Crippen molar-refractivity contribution in [1.29, 1.82) is 0 Å². The number of hydrogen-bond acceptors (Lipinski definition) is 5. The van der Waals surface area contributed by atoms with Gasteiger partial charge in [-0.05, 0) is 37.4 Å². The Morgan fingerprint density at radius 2 is 2.24 bits per heavy atom. The van der Waals surface area contributed by atoms with Gasteiger partial charge in [-0.25, -0.2) is 4.79 Å². The summed E-state index contributed by atoms with van der Waals surface area (Å²) in [5.74, 6) is 0.468. The van der Waals surface area contributed by atoms with Gasteiger partial charge in [0, 0.05) is 19.0 Å². The molecule has 0 unspecified atom stereocenters. The summed E-state index contributed by atoms with van der Waals surface area (Å²) in [6.07, 6.45) is 0.887. The highest BCUT2D eigenvalue weighted by Gasteiger charge is 2.24. The lowest BCUT2D eigenvalue weighted by molar-refractivity contribution is -0.143. The lowest BCUT2D eigenvalue weighted by atomic mass is 10.3. The van der Waals surface area contributed by atoms with Gasteiger partial charge in [0.2, 0.25) is 0 Å². The number of rotatable bonds is 6. The van der Waals surface area contributed by atoms with Crippen LogP contribution < -0.4 is 10.1 Å². The Bertz CT molecular complexity index is 536. The summed E-state index contributed by atoms with van der Waals surface area (Å²) in [6.45, 7) is 2.64. The summed E-state index contributed by atoms with van der Waals surface area (Å²) in [4.78, 5) is 24.2. The van der Waals surface area contributed by atoms with Crippen LogP contribution in [0.15, 0.2) is 23.1 Å². The van der Waals surface area contributed by atoms with Crippen molar-refractivity contribution in [1.82, 2.24) is 4.31 Å². The number of esters is 1. The zero-order chi connectivity index (χ0) is 15.2. The van der Waals surface area contributed by atoms with Gasteiger partial charge in [0.1, 0.15) is 5.75 Å². The Morgan fingerprint density at radius 1 is 1.43 bits per heavy atom. The molecule has 0 saturated carbocycles. The molecule has 6 nitrogen and oxygen atoms in total. The summed E-state index contributed by atoms with van der Waals surface area (Å²) in [5, 5.41) is 2.82. The Labute approximate surface area is 127 Å². The average Bonchev–Trinajstić information content (AvgIpc) is 2.47. The molecule has 0 fully saturated rings. The molecular weight excluding hydrogens is 292 g/mol. The zero-order valence-electron chi connectivity index (χ0n) is 12.0. The maximum atomic E-state index is 12.0. The molecule has 2 amide bonds. The van der Waals surface area contributed by atoms with Crippen LogP contribution in [0.4, 0.5) is 10.5 Å². The van der Waals surface area contributed by atoms with Gasteiger partial charge in [0.15, 0.2) is 0 Å². The SMILES string of the molecule is CCOC(=O)CCCN1Sc2ccc(OC)cc2NC1=O. The lowest BCUT2D eigenvalue weighted by Crippen LogP contribution is -2.33. The third-order valence-electron chi connectivity index (χ3n) is 2.91. The molecule has 1 N–H and O–H groups in total. The molecule has 114 valence electrons. The van der Waals surface area contributed by atoms with Crippen LogP contribution in [0.3, 0.4) is 0 Å². The number of ether oxygens (including phenoxy) is 2. The highest BCUT2D eigenvalue weighted by molar-refractivity contribution is 7.97. The standard InChI is InChI=1S/C14H18N2O4S/c1-3-20-13(17)5-4-8-16-14(18)15-11-9-10(19-2)6-7-12(11)21-16/h6-7,9H,3-5,8H2,1-2H3,(H,15,18). The molecule has 2 rings (SSSR count). The second kappa shape index (κ2) is 7.21. The Hall–Kier alpha value is -1.89. The van der Waals surface area contributed by atoms with Crippen molar-refractivity contribution < 1.29 is 19.1 Å². The monoisotopic (exact) mass is 310 g/mol. The number of hydrogen-bond donors (Lipinski definition) is 1. The second-order valence-corrected chi connectivity index (χ2v) is 5.46. The number of benzene rings is 1. The summed E-state index contributed by atoms with van der Waals surface area (Å²) >= 11 is 1.36. The minimum atomic E-state index is -0.231. The summed E-state index contributed by atoms with van der Waals surface area (Å²) in [7, 11) is 1.58. The Kier molecular flexibility index (Phi) is 5.32. The Balaban J connectivity index is 1.91. The first-order chi connectivity index (χ1) is 10.1. The van der Waals surface area contributed by atoms with Crippen molar-refractivity contribution in [3.63, 3.8) is 0 Å². The van der Waals surface area contributed by atoms with Crippen LogP contribution in [0.1, 0.15) is 19.8 Å². The first-order valence-corrected chi connectivity index (χ1v) is 7.51. The van der Waals surface area contributed by atoms with E-state index in [1.54, 1.807) is 24.4 Å². The number of nitrogens with one attached hydrogen (secondary N) is 1. The van der Waals surface area contributed by atoms with E-state index in [-0.39, 0.29) is 12.0 Å². The van der Waals surface area contributed by atoms with E-state index in [4.69, 9.17) is 9.47 Å². The molecule has 1 aliphatic heterocycles. The molecule has 1 aromatic rings. The van der Waals surface area contributed by atoms with Gasteiger partial charge in [-0.15, -0.1) is 0 Å². The van der Waals surface area contributed by atoms with E-state index in [0.29, 0.717) is 31.7 Å². The number of fused-ring (bicyclic) bond motifs is 1. The summed E-state index contributed by atoms with van der Waals surface area (Å²) < 4.78 is 11.6. The predicted octanol–water partition coefficient (Wildman–Crippen LogP) is 2.89. The van der Waals surface area contributed by atoms with Gasteiger partial charge >= 0.3 is 12.0 Å². The van der Waals surface area contributed by atoms with Crippen LogP contribution in [0.5, 0.6) is 5.75 Å². The third-order valence-corrected chi connectivity index (χ3v) is 4.03. The van der Waals surface area contributed by atoms with Crippen LogP contribution in [0, 0.1) is 0 Å². The zero-order valence-corrected chi connectivity index (χ0v) is 12.9. The fourth-order valence-corrected chi connectivity index (χ4v) is 2.82. The number of carbonyl (C=O) groups excluding carboxylic acids is 2. The van der Waals surface area contributed by atoms with Gasteiger partial charge in [0.25, 0.3) is 0 Å². The topological polar surface area (TPSA) is 67.9 Å². The largest absolute Gasteiger partial charge is 0.497 e. The molecule has 0 bridgehead atoms.